The van der Waals surface area contributed by atoms with Crippen molar-refractivity contribution in [1.82, 2.24) is 0 Å². The van der Waals surface area contributed by atoms with Crippen molar-refractivity contribution < 1.29 is 18.7 Å². The van der Waals surface area contributed by atoms with Gasteiger partial charge < -0.3 is 10.1 Å². The van der Waals surface area contributed by atoms with Gasteiger partial charge in [-0.3, -0.25) is 9.59 Å². The number of anilines is 1. The second-order valence-corrected chi connectivity index (χ2v) is 6.56. The second-order valence-electron chi connectivity index (χ2n) is 5.15. The highest BCUT2D eigenvalue weighted by Crippen LogP contribution is 2.23. The third kappa shape index (κ3) is 5.38. The number of thioether (sulfide) groups is 1. The van der Waals surface area contributed by atoms with E-state index < -0.39 is 23.2 Å². The molecule has 0 unspecified atom stereocenters. The highest BCUT2D eigenvalue weighted by atomic mass is 32.2. The molecule has 0 aliphatic rings. The molecule has 0 aliphatic carbocycles. The third-order valence-electron chi connectivity index (χ3n) is 3.16. The van der Waals surface area contributed by atoms with Gasteiger partial charge >= 0.3 is 5.97 Å². The molecule has 0 fully saturated rings. The van der Waals surface area contributed by atoms with Crippen molar-refractivity contribution in [3.63, 3.8) is 0 Å². The lowest BCUT2D eigenvalue weighted by molar-refractivity contribution is -0.152. The van der Waals surface area contributed by atoms with Crippen LogP contribution in [0.3, 0.4) is 0 Å². The lowest BCUT2D eigenvalue weighted by atomic mass is 10.3. The summed E-state index contributed by atoms with van der Waals surface area (Å²) in [6.07, 6.45) is -0.943. The van der Waals surface area contributed by atoms with Crippen LogP contribution < -0.4 is 5.32 Å². The van der Waals surface area contributed by atoms with E-state index in [1.165, 1.54) is 43.0 Å². The predicted octanol–water partition coefficient (Wildman–Crippen LogP) is 3.88. The van der Waals surface area contributed by atoms with Crippen molar-refractivity contribution >= 4 is 29.3 Å². The molecule has 2 rings (SSSR count). The van der Waals surface area contributed by atoms with E-state index in [2.05, 4.69) is 5.32 Å². The fourth-order valence-electron chi connectivity index (χ4n) is 1.85. The second kappa shape index (κ2) is 8.49. The minimum absolute atomic E-state index is 0.390. The summed E-state index contributed by atoms with van der Waals surface area (Å²) in [6.45, 7) is 3.22. The van der Waals surface area contributed by atoms with Crippen LogP contribution >= 0.6 is 11.8 Å². The fraction of sp³-hybridized carbons (Fsp3) is 0.222. The van der Waals surface area contributed by atoms with Gasteiger partial charge in [0, 0.05) is 10.6 Å². The molecule has 1 N–H and O–H groups in total. The highest BCUT2D eigenvalue weighted by molar-refractivity contribution is 8.00. The number of nitrogens with one attached hydrogen (secondary N) is 1. The summed E-state index contributed by atoms with van der Waals surface area (Å²) in [7, 11) is 0. The number of carbonyl (C=O) groups is 2. The summed E-state index contributed by atoms with van der Waals surface area (Å²) in [5, 5.41) is 2.14. The smallest absolute Gasteiger partial charge is 0.319 e. The lowest BCUT2D eigenvalue weighted by Gasteiger charge is -2.16. The van der Waals surface area contributed by atoms with E-state index in [1.807, 2.05) is 30.3 Å². The van der Waals surface area contributed by atoms with Crippen molar-refractivity contribution in [3.8, 4) is 0 Å². The van der Waals surface area contributed by atoms with Crippen LogP contribution in [0.5, 0.6) is 0 Å². The number of amides is 1. The Labute approximate surface area is 144 Å². The van der Waals surface area contributed by atoms with Crippen LogP contribution in [0, 0.1) is 5.82 Å². The van der Waals surface area contributed by atoms with Crippen LogP contribution in [0.25, 0.3) is 0 Å². The van der Waals surface area contributed by atoms with Gasteiger partial charge in [-0.25, -0.2) is 4.39 Å². The number of hydrogen-bond acceptors (Lipinski definition) is 4. The summed E-state index contributed by atoms with van der Waals surface area (Å²) in [6, 6.07) is 14.8. The number of carbonyl (C=O) groups excluding carboxylic acids is 2. The van der Waals surface area contributed by atoms with E-state index in [0.29, 0.717) is 5.69 Å². The van der Waals surface area contributed by atoms with E-state index in [1.54, 1.807) is 6.92 Å². The molecule has 126 valence electrons. The molecule has 0 aromatic heterocycles. The van der Waals surface area contributed by atoms with Gasteiger partial charge in [0.1, 0.15) is 11.1 Å². The Morgan fingerprint density at radius 3 is 2.29 bits per heavy atom. The summed E-state index contributed by atoms with van der Waals surface area (Å²) < 4.78 is 18.0. The largest absolute Gasteiger partial charge is 0.452 e. The summed E-state index contributed by atoms with van der Waals surface area (Å²) in [5.41, 5.74) is 0.441. The average molecular weight is 347 g/mol. The Kier molecular flexibility index (Phi) is 6.37. The van der Waals surface area contributed by atoms with E-state index in [-0.39, 0.29) is 5.82 Å². The molecule has 0 spiro atoms. The van der Waals surface area contributed by atoms with Crippen LogP contribution in [0.1, 0.15) is 13.8 Å². The van der Waals surface area contributed by atoms with Gasteiger partial charge in [0.15, 0.2) is 6.10 Å². The molecule has 24 heavy (non-hydrogen) atoms. The van der Waals surface area contributed by atoms with Gasteiger partial charge in [0.2, 0.25) is 0 Å². The molecule has 2 aromatic rings. The monoisotopic (exact) mass is 347 g/mol. The molecule has 0 saturated carbocycles. The Bertz CT molecular complexity index is 691. The van der Waals surface area contributed by atoms with Crippen molar-refractivity contribution in [2.75, 3.05) is 5.32 Å². The topological polar surface area (TPSA) is 55.4 Å². The van der Waals surface area contributed by atoms with E-state index in [9.17, 15) is 14.0 Å². The minimum Gasteiger partial charge on any atom is -0.452 e. The summed E-state index contributed by atoms with van der Waals surface area (Å²) in [5.74, 6) is -1.32. The average Bonchev–Trinajstić information content (AvgIpc) is 2.57. The van der Waals surface area contributed by atoms with Crippen molar-refractivity contribution in [2.45, 2.75) is 30.1 Å². The zero-order valence-corrected chi connectivity index (χ0v) is 14.2. The van der Waals surface area contributed by atoms with E-state index in [0.717, 1.165) is 4.90 Å². The van der Waals surface area contributed by atoms with Crippen LogP contribution in [-0.2, 0) is 14.3 Å². The number of halogens is 1. The first kappa shape index (κ1) is 18.0. The number of rotatable bonds is 6. The van der Waals surface area contributed by atoms with Gasteiger partial charge in [-0.15, -0.1) is 11.8 Å². The number of hydrogen-bond donors (Lipinski definition) is 1. The third-order valence-corrected chi connectivity index (χ3v) is 4.25. The molecule has 1 amide bonds. The first-order chi connectivity index (χ1) is 11.5. The molecule has 4 nitrogen and oxygen atoms in total. The zero-order valence-electron chi connectivity index (χ0n) is 13.4. The number of esters is 1. The number of benzene rings is 2. The van der Waals surface area contributed by atoms with Crippen molar-refractivity contribution in [2.24, 2.45) is 0 Å². The SMILES string of the molecule is C[C@H](Sc1ccccc1)C(=O)O[C@H](C)C(=O)Nc1ccc(F)cc1. The van der Waals surface area contributed by atoms with E-state index >= 15 is 0 Å². The standard InChI is InChI=1S/C18H18FNO3S/c1-12(17(21)20-15-10-8-14(19)9-11-15)23-18(22)13(2)24-16-6-4-3-5-7-16/h3-13H,1-2H3,(H,20,21)/t12-,13+/m1/s1. The molecular formula is C18H18FNO3S. The first-order valence-corrected chi connectivity index (χ1v) is 8.32. The van der Waals surface area contributed by atoms with Crippen LogP contribution in [0.2, 0.25) is 0 Å². The maximum Gasteiger partial charge on any atom is 0.319 e. The minimum atomic E-state index is -0.943. The summed E-state index contributed by atoms with van der Waals surface area (Å²) in [4.78, 5) is 25.1. The van der Waals surface area contributed by atoms with Gasteiger partial charge in [-0.05, 0) is 50.2 Å². The molecule has 2 atom stereocenters. The van der Waals surface area contributed by atoms with Crippen molar-refractivity contribution in [3.05, 3.63) is 60.4 Å². The van der Waals surface area contributed by atoms with Gasteiger partial charge in [0.25, 0.3) is 5.91 Å². The summed E-state index contributed by atoms with van der Waals surface area (Å²) >= 11 is 1.36. The Hall–Kier alpha value is -2.34. The molecule has 6 heteroatoms. The Morgan fingerprint density at radius 2 is 1.67 bits per heavy atom. The molecule has 2 aromatic carbocycles. The Balaban J connectivity index is 1.85. The molecule has 0 saturated heterocycles. The molecule has 0 radical (unpaired) electrons. The first-order valence-electron chi connectivity index (χ1n) is 7.44. The molecule has 0 bridgehead atoms. The van der Waals surface area contributed by atoms with Crippen LogP contribution in [0.15, 0.2) is 59.5 Å². The van der Waals surface area contributed by atoms with Gasteiger partial charge in [0.05, 0.1) is 0 Å². The fourth-order valence-corrected chi connectivity index (χ4v) is 2.73. The normalized spacial score (nSPS) is 13.0. The molecule has 0 heterocycles. The van der Waals surface area contributed by atoms with E-state index in [4.69, 9.17) is 4.74 Å². The van der Waals surface area contributed by atoms with Gasteiger partial charge in [-0.2, -0.15) is 0 Å². The lowest BCUT2D eigenvalue weighted by Crippen LogP contribution is -2.32. The molecular weight excluding hydrogens is 329 g/mol. The molecule has 0 aliphatic heterocycles. The maximum atomic E-state index is 12.8. The zero-order chi connectivity index (χ0) is 17.5. The number of ether oxygens (including phenoxy) is 1. The van der Waals surface area contributed by atoms with Crippen LogP contribution in [-0.4, -0.2) is 23.2 Å². The maximum absolute atomic E-state index is 12.8. The Morgan fingerprint density at radius 1 is 1.04 bits per heavy atom. The quantitative estimate of drug-likeness (QED) is 0.636. The highest BCUT2D eigenvalue weighted by Gasteiger charge is 2.22. The van der Waals surface area contributed by atoms with Crippen LogP contribution in [0.4, 0.5) is 10.1 Å². The van der Waals surface area contributed by atoms with Gasteiger partial charge in [-0.1, -0.05) is 18.2 Å². The predicted molar refractivity (Wildman–Crippen MR) is 92.3 cm³/mol. The van der Waals surface area contributed by atoms with Crippen molar-refractivity contribution in [1.29, 1.82) is 0 Å².